The van der Waals surface area contributed by atoms with Crippen molar-refractivity contribution < 1.29 is 82.9 Å². The molecule has 2 aliphatic rings. The lowest BCUT2D eigenvalue weighted by Crippen LogP contribution is -2.61. The molecule has 0 amide bonds. The smallest absolute Gasteiger partial charge is 0.297 e. The van der Waals surface area contributed by atoms with Crippen LogP contribution < -0.4 is 46.0 Å². The summed E-state index contributed by atoms with van der Waals surface area (Å²) in [6, 6.07) is -44.7. The Balaban J connectivity index is 0.000000224. The summed E-state index contributed by atoms with van der Waals surface area (Å²) in [4.78, 5) is 4.57. The van der Waals surface area contributed by atoms with Crippen LogP contribution in [-0.4, -0.2) is 6.71 Å². The highest BCUT2D eigenvalue weighted by molar-refractivity contribution is 7.00. The summed E-state index contributed by atoms with van der Waals surface area (Å²) in [5.74, 6) is 0. The molecule has 562 valence electrons. The summed E-state index contributed by atoms with van der Waals surface area (Å²) < 4.78 is 507. The molecule has 2 aliphatic heterocycles. The van der Waals surface area contributed by atoms with E-state index in [0.717, 1.165) is 9.80 Å². The molecular formula is C104H94BClN6O2. The topological polar surface area (TPSA) is 45.7 Å². The molecule has 16 aromatic rings. The average molecular weight is 1560 g/mol. The molecule has 0 aliphatic carbocycles. The van der Waals surface area contributed by atoms with Gasteiger partial charge in [0, 0.05) is 90.4 Å². The van der Waals surface area contributed by atoms with Gasteiger partial charge in [-0.05, 0) is 230 Å². The summed E-state index contributed by atoms with van der Waals surface area (Å²) in [5, 5.41) is -1.38. The van der Waals surface area contributed by atoms with Crippen molar-refractivity contribution in [3.05, 3.63) is 378 Å². The molecule has 0 atom stereocenters. The van der Waals surface area contributed by atoms with Crippen LogP contribution in [0.5, 0.6) is 0 Å². The van der Waals surface area contributed by atoms with E-state index >= 15 is 0 Å². The number of halogens is 1. The molecule has 10 heteroatoms. The highest BCUT2D eigenvalue weighted by Gasteiger charge is 2.48. The second-order valence-corrected chi connectivity index (χ2v) is 30.3. The van der Waals surface area contributed by atoms with Crippen LogP contribution in [0.15, 0.2) is 360 Å². The van der Waals surface area contributed by atoms with Crippen LogP contribution in [0, 0.1) is 0 Å². The van der Waals surface area contributed by atoms with E-state index in [4.69, 9.17) is 61.6 Å². The zero-order valence-corrected chi connectivity index (χ0v) is 63.5. The summed E-state index contributed by atoms with van der Waals surface area (Å²) in [6.45, 7) is 18.5. The Hall–Kier alpha value is -12.7. The van der Waals surface area contributed by atoms with Crippen molar-refractivity contribution in [3.63, 3.8) is 0 Å². The normalized spacial score (nSPS) is 19.2. The number of benzene rings is 14. The Morgan fingerprint density at radius 2 is 0.684 bits per heavy atom. The van der Waals surface area contributed by atoms with Gasteiger partial charge in [0.2, 0.25) is 0 Å². The zero-order valence-electron chi connectivity index (χ0n) is 117. The number of hydrogen-bond acceptors (Lipinski definition) is 8. The summed E-state index contributed by atoms with van der Waals surface area (Å²) in [7, 11) is 0. The lowest BCUT2D eigenvalue weighted by molar-refractivity contribution is 0.589. The van der Waals surface area contributed by atoms with E-state index in [9.17, 15) is 32.9 Å². The lowest BCUT2D eigenvalue weighted by Gasteiger charge is -2.43. The van der Waals surface area contributed by atoms with Gasteiger partial charge in [-0.15, -0.1) is 0 Å². The fraction of sp³-hybridized carbons (Fsp3) is 0.154. The quantitative estimate of drug-likeness (QED) is 0.0998. The minimum atomic E-state index is -1.72. The van der Waals surface area contributed by atoms with Crippen molar-refractivity contribution in [1.29, 1.82) is 0 Å². The molecule has 0 fully saturated rings. The van der Waals surface area contributed by atoms with E-state index in [1.165, 1.54) is 23.1 Å². The van der Waals surface area contributed by atoms with E-state index < -0.39 is 461 Å². The van der Waals surface area contributed by atoms with Gasteiger partial charge in [0.25, 0.3) is 6.71 Å². The van der Waals surface area contributed by atoms with Gasteiger partial charge in [0.1, 0.15) is 18.8 Å². The van der Waals surface area contributed by atoms with Crippen molar-refractivity contribution in [2.45, 2.75) is 105 Å². The van der Waals surface area contributed by atoms with Gasteiger partial charge in [-0.2, -0.15) is 0 Å². The first-order valence-corrected chi connectivity index (χ1v) is 35.6. The maximum Gasteiger partial charge on any atom is 0.297 e. The van der Waals surface area contributed by atoms with Crippen molar-refractivity contribution in [3.8, 4) is 0 Å². The molecule has 0 radical (unpaired) electrons. The molecule has 0 saturated heterocycles. The van der Waals surface area contributed by atoms with E-state index in [2.05, 4.69) is 0 Å². The summed E-state index contributed by atoms with van der Waals surface area (Å²) >= 11 is 7.74. The number of fused-ring (bicyclic) bond motifs is 7. The lowest BCUT2D eigenvalue weighted by atomic mass is 9.35. The Morgan fingerprint density at radius 1 is 0.316 bits per heavy atom. The Morgan fingerprint density at radius 3 is 1.15 bits per heavy atom. The molecule has 0 spiro atoms. The SMILES string of the molecule is [2H]c1c([2H])c([2H])c(N2c3cc(C(C)(C)C)cc4c3B(c3oc5c([2H])c([2H])c(C(C)(C)C)c([2H])c5c3N4c3c([2H])c([2H])c([2H])c([2H])c3[2H])c3c([2H])c([2H])c(N(c4c([2H])c([2H])c([2H])c([2H])c4[2H])c4c([2H])c([2H])c([2H])c([2H])c4[2H])c([2H])c32)c([2H])c1[2H].[2H]c1oc2c([2H])c([2H])c(C(C)(C)C)c([2H])c2c1N(c1cc(C(C)(C)C)cc(N(c2c([2H])c([2H])c([2H])c([2H])c2[2H])c2c([2H])c([2H])c([2H])c(N(c3c([2H])c([2H])c([2H])c([2H])c3[2H])c3c([2H])c([2H])c([2H])c([2H])c3[2H])c2[2H])c1Cl)c1c([2H])c([2H])c([2H])c([2H])c1[2H]. The number of furan rings is 2. The van der Waals surface area contributed by atoms with Crippen molar-refractivity contribution in [1.82, 2.24) is 0 Å². The second kappa shape index (κ2) is 29.8. The van der Waals surface area contributed by atoms with E-state index in [0.29, 0.717) is 20.3 Å². The fourth-order valence-electron chi connectivity index (χ4n) is 12.9. The van der Waals surface area contributed by atoms with E-state index in [1.54, 1.807) is 89.2 Å². The maximum absolute atomic E-state index is 10.6. The minimum absolute atomic E-state index is 0.0269. The predicted molar refractivity (Wildman–Crippen MR) is 485 cm³/mol. The second-order valence-electron chi connectivity index (χ2n) is 29.9. The monoisotopic (exact) mass is 1560 g/mol. The van der Waals surface area contributed by atoms with Gasteiger partial charge < -0.3 is 38.2 Å². The van der Waals surface area contributed by atoms with Gasteiger partial charge in [0.15, 0.2) is 0 Å². The molecular weight excluding hydrogens is 1410 g/mol. The van der Waals surface area contributed by atoms with Crippen molar-refractivity contribution in [2.75, 3.05) is 29.4 Å². The Kier molecular flexibility index (Phi) is 9.07. The maximum atomic E-state index is 10.6. The van der Waals surface area contributed by atoms with Gasteiger partial charge in [-0.1, -0.05) is 264 Å². The van der Waals surface area contributed by atoms with E-state index in [1.807, 2.05) is 0 Å². The number of anilines is 18. The molecule has 4 heterocycles. The number of nitrogens with zero attached hydrogens (tertiary/aromatic N) is 6. The molecule has 0 N–H and O–H groups in total. The van der Waals surface area contributed by atoms with Gasteiger partial charge in [-0.25, -0.2) is 0 Å². The van der Waals surface area contributed by atoms with Crippen molar-refractivity contribution >= 4 is 159 Å². The first kappa shape index (κ1) is 34.7. The van der Waals surface area contributed by atoms with Crippen LogP contribution in [0.25, 0.3) is 21.9 Å². The Labute approximate surface area is 753 Å². The van der Waals surface area contributed by atoms with Crippen LogP contribution in [0.3, 0.4) is 0 Å². The van der Waals surface area contributed by atoms with Crippen LogP contribution in [0.1, 0.15) is 179 Å². The molecule has 0 saturated carbocycles. The van der Waals surface area contributed by atoms with Crippen LogP contribution in [0.4, 0.5) is 102 Å². The molecule has 8 nitrogen and oxygen atoms in total. The average Bonchev–Trinajstić information content (AvgIpc) is 1.45. The zero-order chi connectivity index (χ0) is 126. The van der Waals surface area contributed by atoms with Crippen LogP contribution in [0.2, 0.25) is 5.02 Å². The molecule has 0 unspecified atom stereocenters. The van der Waals surface area contributed by atoms with Crippen LogP contribution in [-0.2, 0) is 21.7 Å². The molecule has 114 heavy (non-hydrogen) atoms. The third-order valence-electron chi connectivity index (χ3n) is 18.4. The van der Waals surface area contributed by atoms with Gasteiger partial charge >= 0.3 is 0 Å². The summed E-state index contributed by atoms with van der Waals surface area (Å²) in [6.07, 6.45) is -0.924. The number of rotatable bonds is 14. The third-order valence-corrected chi connectivity index (χ3v) is 18.7. The van der Waals surface area contributed by atoms with Gasteiger partial charge in [0.05, 0.1) is 106 Å². The van der Waals surface area contributed by atoms with Crippen molar-refractivity contribution in [2.24, 2.45) is 0 Å². The number of hydrogen-bond donors (Lipinski definition) is 0. The third kappa shape index (κ3) is 14.1. The standard InChI is InChI=1S/C52H46BN3O.C52H48ClN3O/c1-51(2,3)35-27-30-47-42(31-35)49-50(57-47)53-43-29-28-41(54(37-19-11-7-12-20-37)38-21-13-8-14-22-38)34-44(43)55(39-23-15-9-16-24-39)45-32-36(52(4,5)6)33-46(48(45)53)56(49)40-25-17-10-18-26-40;1-51(2,3)37-30-31-49-45(32-37)48(36-57-49)56(42-26-17-10-18-27-42)47-34-38(52(4,5)6)33-46(50(47)53)55(41-24-15-9-16-25-41)44-29-19-28-43(35-44)54(39-20-11-7-12-21-39)40-22-13-8-14-23-40/h7-34H,1-6H3;7-36H,1-6H3/i7D,8D,9D,10D,11D,12D,13D,14D,15D,16D,17D,18D,19D,20D,21D,22D,23D,24D,25D,26D,27D,28D,29D,30D,31D,34D;7D,8D,9D,10D,11D,12D,13D,14D,15D,16D,17D,18D,19D,20D,21D,22D,23D,24D,25D,26D,27D,28D,29D,30D,31D,32D,35D,36D. The fourth-order valence-corrected chi connectivity index (χ4v) is 13.2. The number of para-hydroxylation sites is 8. The minimum Gasteiger partial charge on any atom is -0.468 e. The predicted octanol–water partition coefficient (Wildman–Crippen LogP) is 28.7. The van der Waals surface area contributed by atoms with Crippen LogP contribution >= 0.6 is 11.6 Å². The summed E-state index contributed by atoms with van der Waals surface area (Å²) in [5.41, 5.74) is -19.0. The van der Waals surface area contributed by atoms with E-state index in [-0.39, 0.29) is 56.3 Å². The molecule has 0 bridgehead atoms. The first-order chi connectivity index (χ1) is 77.5. The molecule has 2 aromatic heterocycles. The van der Waals surface area contributed by atoms with Gasteiger partial charge in [-0.3, -0.25) is 0 Å². The molecule has 18 rings (SSSR count). The highest BCUT2D eigenvalue weighted by atomic mass is 35.5. The highest BCUT2D eigenvalue weighted by Crippen LogP contribution is 2.54. The first-order valence-electron chi connectivity index (χ1n) is 62.2. The largest absolute Gasteiger partial charge is 0.468 e. The molecule has 14 aromatic carbocycles. The Bertz CT molecular complexity index is 9260.